The smallest absolute Gasteiger partial charge is 0.131 e. The second kappa shape index (κ2) is 6.75. The van der Waals surface area contributed by atoms with E-state index in [1.165, 1.54) is 0 Å². The highest BCUT2D eigenvalue weighted by Gasteiger charge is 2.00. The molecule has 5 N–H and O–H groups in total. The molecule has 0 aliphatic carbocycles. The summed E-state index contributed by atoms with van der Waals surface area (Å²) in [5.74, 6) is 1.61. The third-order valence-corrected chi connectivity index (χ3v) is 2.70. The van der Waals surface area contributed by atoms with Gasteiger partial charge in [0.25, 0.3) is 0 Å². The third-order valence-electron chi connectivity index (χ3n) is 2.70. The molecule has 0 spiro atoms. The molecule has 0 aromatic carbocycles. The number of hydrogen-bond acceptors (Lipinski definition) is 5. The van der Waals surface area contributed by atoms with Gasteiger partial charge < -0.3 is 21.4 Å². The standard InChI is InChI=1S/C13H20N6/c1-10(14)4-6-16-12-7-13(19-9-18-12)17-8-11-3-2-5-15-11/h2-3,5,7,9-10,15H,4,6,8,14H2,1H3,(H2,16,17,18,19). The van der Waals surface area contributed by atoms with Crippen molar-refractivity contribution >= 4 is 11.6 Å². The molecular weight excluding hydrogens is 240 g/mol. The highest BCUT2D eigenvalue weighted by Crippen LogP contribution is 2.09. The summed E-state index contributed by atoms with van der Waals surface area (Å²) in [6.07, 6.45) is 4.36. The first-order chi connectivity index (χ1) is 9.24. The van der Waals surface area contributed by atoms with Crippen molar-refractivity contribution in [3.05, 3.63) is 36.4 Å². The average Bonchev–Trinajstić information content (AvgIpc) is 2.89. The predicted molar refractivity (Wildman–Crippen MR) is 76.9 cm³/mol. The topological polar surface area (TPSA) is 91.7 Å². The van der Waals surface area contributed by atoms with Gasteiger partial charge in [-0.05, 0) is 25.5 Å². The summed E-state index contributed by atoms with van der Waals surface area (Å²) in [4.78, 5) is 11.5. The fraction of sp³-hybridized carbons (Fsp3) is 0.385. The van der Waals surface area contributed by atoms with E-state index in [1.807, 2.05) is 31.3 Å². The number of anilines is 2. The van der Waals surface area contributed by atoms with Crippen LogP contribution in [-0.4, -0.2) is 27.5 Å². The molecule has 102 valence electrons. The Hall–Kier alpha value is -2.08. The van der Waals surface area contributed by atoms with E-state index in [4.69, 9.17) is 5.73 Å². The molecule has 0 aliphatic heterocycles. The summed E-state index contributed by atoms with van der Waals surface area (Å²) < 4.78 is 0. The molecule has 0 bridgehead atoms. The van der Waals surface area contributed by atoms with Crippen LogP contribution in [0.2, 0.25) is 0 Å². The molecule has 2 rings (SSSR count). The van der Waals surface area contributed by atoms with Crippen molar-refractivity contribution in [1.29, 1.82) is 0 Å². The molecule has 2 aromatic rings. The molecule has 2 heterocycles. The minimum atomic E-state index is 0.194. The van der Waals surface area contributed by atoms with Crippen molar-refractivity contribution in [1.82, 2.24) is 15.0 Å². The summed E-state index contributed by atoms with van der Waals surface area (Å²) in [7, 11) is 0. The van der Waals surface area contributed by atoms with Gasteiger partial charge in [0.05, 0.1) is 6.54 Å². The van der Waals surface area contributed by atoms with Gasteiger partial charge in [-0.3, -0.25) is 0 Å². The highest BCUT2D eigenvalue weighted by molar-refractivity contribution is 5.46. The Bertz CT molecular complexity index is 480. The Kier molecular flexibility index (Phi) is 4.74. The van der Waals surface area contributed by atoms with Crippen LogP contribution in [0, 0.1) is 0 Å². The molecule has 2 aromatic heterocycles. The molecule has 0 saturated heterocycles. The lowest BCUT2D eigenvalue weighted by Gasteiger charge is -2.09. The van der Waals surface area contributed by atoms with Gasteiger partial charge in [-0.15, -0.1) is 0 Å². The second-order valence-corrected chi connectivity index (χ2v) is 4.53. The van der Waals surface area contributed by atoms with Crippen LogP contribution in [0.1, 0.15) is 19.0 Å². The van der Waals surface area contributed by atoms with Crippen molar-refractivity contribution in [2.45, 2.75) is 25.9 Å². The molecule has 1 atom stereocenters. The van der Waals surface area contributed by atoms with Gasteiger partial charge in [-0.1, -0.05) is 0 Å². The zero-order chi connectivity index (χ0) is 13.5. The van der Waals surface area contributed by atoms with Gasteiger partial charge in [0, 0.05) is 30.5 Å². The van der Waals surface area contributed by atoms with Crippen molar-refractivity contribution < 1.29 is 0 Å². The monoisotopic (exact) mass is 260 g/mol. The second-order valence-electron chi connectivity index (χ2n) is 4.53. The van der Waals surface area contributed by atoms with Crippen LogP contribution in [0.15, 0.2) is 30.7 Å². The van der Waals surface area contributed by atoms with Gasteiger partial charge >= 0.3 is 0 Å². The van der Waals surface area contributed by atoms with Crippen LogP contribution in [0.4, 0.5) is 11.6 Å². The van der Waals surface area contributed by atoms with Crippen molar-refractivity contribution in [2.75, 3.05) is 17.2 Å². The molecule has 0 amide bonds. The van der Waals surface area contributed by atoms with Crippen LogP contribution in [0.25, 0.3) is 0 Å². The van der Waals surface area contributed by atoms with E-state index >= 15 is 0 Å². The number of hydrogen-bond donors (Lipinski definition) is 4. The number of aromatic amines is 1. The van der Waals surface area contributed by atoms with E-state index in [9.17, 15) is 0 Å². The number of nitrogens with one attached hydrogen (secondary N) is 3. The maximum atomic E-state index is 5.70. The molecular formula is C13H20N6. The quantitative estimate of drug-likeness (QED) is 0.606. The lowest BCUT2D eigenvalue weighted by molar-refractivity contribution is 0.689. The number of rotatable bonds is 7. The summed E-state index contributed by atoms with van der Waals surface area (Å²) in [5.41, 5.74) is 6.82. The Morgan fingerprint density at radius 3 is 2.79 bits per heavy atom. The van der Waals surface area contributed by atoms with E-state index in [2.05, 4.69) is 25.6 Å². The van der Waals surface area contributed by atoms with Gasteiger partial charge in [-0.25, -0.2) is 9.97 Å². The van der Waals surface area contributed by atoms with Crippen LogP contribution < -0.4 is 16.4 Å². The molecule has 0 aliphatic rings. The summed E-state index contributed by atoms with van der Waals surface area (Å²) >= 11 is 0. The molecule has 0 fully saturated rings. The molecule has 19 heavy (non-hydrogen) atoms. The van der Waals surface area contributed by atoms with Gasteiger partial charge in [0.15, 0.2) is 0 Å². The minimum absolute atomic E-state index is 0.194. The number of nitrogens with two attached hydrogens (primary N) is 1. The summed E-state index contributed by atoms with van der Waals surface area (Å²) in [5, 5.41) is 6.47. The van der Waals surface area contributed by atoms with E-state index in [-0.39, 0.29) is 6.04 Å². The van der Waals surface area contributed by atoms with E-state index in [0.29, 0.717) is 6.54 Å². The molecule has 6 heteroatoms. The molecule has 1 unspecified atom stereocenters. The number of nitrogens with zero attached hydrogens (tertiary/aromatic N) is 2. The molecule has 6 nitrogen and oxygen atoms in total. The molecule has 0 saturated carbocycles. The lowest BCUT2D eigenvalue weighted by Crippen LogP contribution is -2.19. The van der Waals surface area contributed by atoms with Crippen LogP contribution >= 0.6 is 0 Å². The fourth-order valence-corrected chi connectivity index (χ4v) is 1.64. The Balaban J connectivity index is 1.84. The van der Waals surface area contributed by atoms with Gasteiger partial charge in [-0.2, -0.15) is 0 Å². The van der Waals surface area contributed by atoms with Gasteiger partial charge in [0.2, 0.25) is 0 Å². The normalized spacial score (nSPS) is 12.1. The zero-order valence-corrected chi connectivity index (χ0v) is 11.1. The Morgan fingerprint density at radius 2 is 2.11 bits per heavy atom. The van der Waals surface area contributed by atoms with Crippen molar-refractivity contribution in [3.8, 4) is 0 Å². The SMILES string of the molecule is CC(N)CCNc1cc(NCc2ccc[nH]2)ncn1. The van der Waals surface area contributed by atoms with E-state index in [1.54, 1.807) is 6.33 Å². The van der Waals surface area contributed by atoms with Crippen molar-refractivity contribution in [3.63, 3.8) is 0 Å². The average molecular weight is 260 g/mol. The maximum absolute atomic E-state index is 5.70. The first-order valence-corrected chi connectivity index (χ1v) is 6.41. The Labute approximate surface area is 112 Å². The first-order valence-electron chi connectivity index (χ1n) is 6.41. The minimum Gasteiger partial charge on any atom is -0.370 e. The number of H-pyrrole nitrogens is 1. The maximum Gasteiger partial charge on any atom is 0.131 e. The summed E-state index contributed by atoms with van der Waals surface area (Å²) in [6.45, 7) is 3.51. The molecule has 0 radical (unpaired) electrons. The number of aromatic nitrogens is 3. The highest BCUT2D eigenvalue weighted by atomic mass is 15.1. The summed E-state index contributed by atoms with van der Waals surface area (Å²) in [6, 6.07) is 6.08. The predicted octanol–water partition coefficient (Wildman–Crippen LogP) is 1.57. The third kappa shape index (κ3) is 4.59. The Morgan fingerprint density at radius 1 is 1.32 bits per heavy atom. The van der Waals surface area contributed by atoms with E-state index in [0.717, 1.165) is 30.3 Å². The van der Waals surface area contributed by atoms with E-state index < -0.39 is 0 Å². The fourth-order valence-electron chi connectivity index (χ4n) is 1.64. The van der Waals surface area contributed by atoms with Crippen LogP contribution in [0.3, 0.4) is 0 Å². The first kappa shape index (κ1) is 13.4. The lowest BCUT2D eigenvalue weighted by atomic mass is 10.2. The largest absolute Gasteiger partial charge is 0.370 e. The van der Waals surface area contributed by atoms with Crippen molar-refractivity contribution in [2.24, 2.45) is 5.73 Å². The van der Waals surface area contributed by atoms with Crippen LogP contribution in [-0.2, 0) is 6.54 Å². The zero-order valence-electron chi connectivity index (χ0n) is 11.1. The van der Waals surface area contributed by atoms with Crippen LogP contribution in [0.5, 0.6) is 0 Å². The van der Waals surface area contributed by atoms with Gasteiger partial charge in [0.1, 0.15) is 18.0 Å².